The summed E-state index contributed by atoms with van der Waals surface area (Å²) in [6, 6.07) is 0.244. The summed E-state index contributed by atoms with van der Waals surface area (Å²) in [7, 11) is 1.86. The minimum absolute atomic E-state index is 0.244. The molecule has 0 radical (unpaired) electrons. The van der Waals surface area contributed by atoms with Gasteiger partial charge < -0.3 is 5.32 Å². The highest BCUT2D eigenvalue weighted by atomic mass is 32.1. The van der Waals surface area contributed by atoms with Gasteiger partial charge in [-0.25, -0.2) is 9.97 Å². The van der Waals surface area contributed by atoms with E-state index in [1.54, 1.807) is 22.3 Å². The topological polar surface area (TPSA) is 55.6 Å². The van der Waals surface area contributed by atoms with Crippen LogP contribution in [-0.2, 0) is 13.6 Å². The number of aryl methyl sites for hydroxylation is 1. The zero-order valence-electron chi connectivity index (χ0n) is 8.71. The largest absolute Gasteiger partial charge is 0.301 e. The van der Waals surface area contributed by atoms with Crippen molar-refractivity contribution in [3.05, 3.63) is 28.7 Å². The smallest absolute Gasteiger partial charge is 0.164 e. The van der Waals surface area contributed by atoms with Gasteiger partial charge in [0.05, 0.1) is 12.6 Å². The second-order valence-corrected chi connectivity index (χ2v) is 4.23. The molecular formula is C9H13N5S. The first kappa shape index (κ1) is 10.3. The van der Waals surface area contributed by atoms with Crippen LogP contribution in [0.2, 0.25) is 0 Å². The fourth-order valence-electron chi connectivity index (χ4n) is 1.24. The first-order valence-electron chi connectivity index (χ1n) is 4.73. The summed E-state index contributed by atoms with van der Waals surface area (Å²) in [5.41, 5.74) is 0. The van der Waals surface area contributed by atoms with Crippen molar-refractivity contribution >= 4 is 11.3 Å². The van der Waals surface area contributed by atoms with Crippen LogP contribution in [0.4, 0.5) is 0 Å². The van der Waals surface area contributed by atoms with Crippen molar-refractivity contribution in [3.63, 3.8) is 0 Å². The van der Waals surface area contributed by atoms with Crippen molar-refractivity contribution in [2.75, 3.05) is 0 Å². The maximum absolute atomic E-state index is 4.24. The van der Waals surface area contributed by atoms with Crippen molar-refractivity contribution in [1.82, 2.24) is 25.1 Å². The first-order chi connectivity index (χ1) is 7.25. The number of thiazole rings is 1. The fourth-order valence-corrected chi connectivity index (χ4v) is 1.92. The second-order valence-electron chi connectivity index (χ2n) is 3.31. The molecule has 0 aliphatic carbocycles. The molecule has 0 bridgehead atoms. The fraction of sp³-hybridized carbons (Fsp3) is 0.444. The molecule has 0 aliphatic rings. The number of aromatic nitrogens is 4. The molecule has 0 amide bonds. The second kappa shape index (κ2) is 4.50. The quantitative estimate of drug-likeness (QED) is 0.844. The molecule has 2 heterocycles. The molecule has 0 aromatic carbocycles. The molecule has 0 spiro atoms. The van der Waals surface area contributed by atoms with E-state index in [2.05, 4.69) is 27.3 Å². The first-order valence-corrected chi connectivity index (χ1v) is 5.61. The number of hydrogen-bond donors (Lipinski definition) is 1. The summed E-state index contributed by atoms with van der Waals surface area (Å²) in [5, 5.41) is 10.6. The summed E-state index contributed by atoms with van der Waals surface area (Å²) in [4.78, 5) is 8.39. The lowest BCUT2D eigenvalue weighted by molar-refractivity contribution is 0.554. The van der Waals surface area contributed by atoms with E-state index in [9.17, 15) is 0 Å². The minimum atomic E-state index is 0.244. The summed E-state index contributed by atoms with van der Waals surface area (Å²) < 4.78 is 1.70. The molecule has 0 fully saturated rings. The SMILES string of the molecule is CC(NCc1ncn(C)n1)c1nccs1. The molecule has 2 rings (SSSR count). The van der Waals surface area contributed by atoms with Crippen LogP contribution in [0.15, 0.2) is 17.9 Å². The third-order valence-corrected chi connectivity index (χ3v) is 2.99. The van der Waals surface area contributed by atoms with E-state index in [0.29, 0.717) is 6.54 Å². The van der Waals surface area contributed by atoms with Crippen molar-refractivity contribution in [2.24, 2.45) is 7.05 Å². The maximum atomic E-state index is 4.24. The molecule has 6 heteroatoms. The van der Waals surface area contributed by atoms with Gasteiger partial charge in [0.25, 0.3) is 0 Å². The van der Waals surface area contributed by atoms with E-state index < -0.39 is 0 Å². The van der Waals surface area contributed by atoms with Gasteiger partial charge in [-0.3, -0.25) is 4.68 Å². The average Bonchev–Trinajstić information content (AvgIpc) is 2.84. The summed E-state index contributed by atoms with van der Waals surface area (Å²) in [6.45, 7) is 2.75. The lowest BCUT2D eigenvalue weighted by Gasteiger charge is -2.08. The van der Waals surface area contributed by atoms with Gasteiger partial charge in [0.15, 0.2) is 5.82 Å². The van der Waals surface area contributed by atoms with Crippen LogP contribution in [0.5, 0.6) is 0 Å². The molecule has 1 N–H and O–H groups in total. The summed E-state index contributed by atoms with van der Waals surface area (Å²) in [6.07, 6.45) is 3.52. The van der Waals surface area contributed by atoms with Crippen LogP contribution in [0.25, 0.3) is 0 Å². The van der Waals surface area contributed by atoms with Gasteiger partial charge in [0.1, 0.15) is 11.3 Å². The van der Waals surface area contributed by atoms with E-state index in [0.717, 1.165) is 10.8 Å². The highest BCUT2D eigenvalue weighted by molar-refractivity contribution is 7.09. The molecule has 1 atom stereocenters. The van der Waals surface area contributed by atoms with Gasteiger partial charge in [-0.2, -0.15) is 5.10 Å². The van der Waals surface area contributed by atoms with Crippen LogP contribution in [0, 0.1) is 0 Å². The van der Waals surface area contributed by atoms with E-state index in [4.69, 9.17) is 0 Å². The van der Waals surface area contributed by atoms with Crippen LogP contribution < -0.4 is 5.32 Å². The van der Waals surface area contributed by atoms with Gasteiger partial charge >= 0.3 is 0 Å². The molecule has 0 aliphatic heterocycles. The number of nitrogens with one attached hydrogen (secondary N) is 1. The Bertz CT molecular complexity index is 408. The van der Waals surface area contributed by atoms with Crippen molar-refractivity contribution < 1.29 is 0 Å². The van der Waals surface area contributed by atoms with E-state index in [1.165, 1.54) is 0 Å². The van der Waals surface area contributed by atoms with Crippen LogP contribution in [-0.4, -0.2) is 19.7 Å². The molecule has 0 saturated heterocycles. The Balaban J connectivity index is 1.88. The van der Waals surface area contributed by atoms with Crippen LogP contribution >= 0.6 is 11.3 Å². The Morgan fingerprint density at radius 2 is 2.40 bits per heavy atom. The Morgan fingerprint density at radius 1 is 1.53 bits per heavy atom. The predicted molar refractivity (Wildman–Crippen MR) is 58.4 cm³/mol. The van der Waals surface area contributed by atoms with Crippen molar-refractivity contribution in [2.45, 2.75) is 19.5 Å². The van der Waals surface area contributed by atoms with Crippen molar-refractivity contribution in [3.8, 4) is 0 Å². The number of nitrogens with zero attached hydrogens (tertiary/aromatic N) is 4. The van der Waals surface area contributed by atoms with Gasteiger partial charge in [-0.15, -0.1) is 11.3 Å². The zero-order chi connectivity index (χ0) is 10.7. The Hall–Kier alpha value is -1.27. The van der Waals surface area contributed by atoms with Gasteiger partial charge in [-0.05, 0) is 6.92 Å². The Kier molecular flexibility index (Phi) is 3.08. The van der Waals surface area contributed by atoms with Crippen LogP contribution in [0.3, 0.4) is 0 Å². The summed E-state index contributed by atoms with van der Waals surface area (Å²) >= 11 is 1.65. The Labute approximate surface area is 92.2 Å². The van der Waals surface area contributed by atoms with Gasteiger partial charge in [0, 0.05) is 18.6 Å². The third-order valence-electron chi connectivity index (χ3n) is 2.04. The minimum Gasteiger partial charge on any atom is -0.301 e. The Morgan fingerprint density at radius 3 is 3.00 bits per heavy atom. The molecule has 2 aromatic heterocycles. The van der Waals surface area contributed by atoms with Crippen LogP contribution in [0.1, 0.15) is 23.8 Å². The van der Waals surface area contributed by atoms with E-state index in [-0.39, 0.29) is 6.04 Å². The third kappa shape index (κ3) is 2.60. The van der Waals surface area contributed by atoms with Crippen molar-refractivity contribution in [1.29, 1.82) is 0 Å². The zero-order valence-corrected chi connectivity index (χ0v) is 9.53. The van der Waals surface area contributed by atoms with Gasteiger partial charge in [0.2, 0.25) is 0 Å². The standard InChI is InChI=1S/C9H13N5S/c1-7(9-10-3-4-15-9)11-5-8-12-6-14(2)13-8/h3-4,6-7,11H,5H2,1-2H3. The van der Waals surface area contributed by atoms with E-state index in [1.807, 2.05) is 18.6 Å². The molecule has 80 valence electrons. The molecule has 0 saturated carbocycles. The van der Waals surface area contributed by atoms with Gasteiger partial charge in [-0.1, -0.05) is 0 Å². The number of hydrogen-bond acceptors (Lipinski definition) is 5. The molecule has 15 heavy (non-hydrogen) atoms. The summed E-state index contributed by atoms with van der Waals surface area (Å²) in [5.74, 6) is 0.806. The normalized spacial score (nSPS) is 12.9. The molecular weight excluding hydrogens is 210 g/mol. The maximum Gasteiger partial charge on any atom is 0.164 e. The number of rotatable bonds is 4. The lowest BCUT2D eigenvalue weighted by atomic mass is 10.3. The lowest BCUT2D eigenvalue weighted by Crippen LogP contribution is -2.18. The molecule has 5 nitrogen and oxygen atoms in total. The average molecular weight is 223 g/mol. The predicted octanol–water partition coefficient (Wildman–Crippen LogP) is 1.12. The van der Waals surface area contributed by atoms with E-state index >= 15 is 0 Å². The monoisotopic (exact) mass is 223 g/mol. The molecule has 1 unspecified atom stereocenters. The highest BCUT2D eigenvalue weighted by Gasteiger charge is 2.08. The molecule has 2 aromatic rings. The highest BCUT2D eigenvalue weighted by Crippen LogP contribution is 2.14.